The van der Waals surface area contributed by atoms with Crippen molar-refractivity contribution < 1.29 is 0 Å². The average molecular weight is 230 g/mol. The Morgan fingerprint density at radius 1 is 1.35 bits per heavy atom. The Balaban J connectivity index is 2.41. The molecule has 0 amide bonds. The van der Waals surface area contributed by atoms with E-state index in [1.54, 1.807) is 0 Å². The van der Waals surface area contributed by atoms with Crippen LogP contribution in [0.2, 0.25) is 0 Å². The first kappa shape index (κ1) is 11.6. The van der Waals surface area contributed by atoms with Gasteiger partial charge in [0.2, 0.25) is 0 Å². The van der Waals surface area contributed by atoms with Crippen molar-refractivity contribution in [3.05, 3.63) is 29.7 Å². The zero-order valence-corrected chi connectivity index (χ0v) is 10.6. The molecule has 0 bridgehead atoms. The van der Waals surface area contributed by atoms with Gasteiger partial charge in [-0.2, -0.15) is 5.10 Å². The second kappa shape index (κ2) is 4.57. The van der Waals surface area contributed by atoms with E-state index in [9.17, 15) is 0 Å². The van der Waals surface area contributed by atoms with Crippen molar-refractivity contribution in [1.29, 1.82) is 0 Å². The van der Waals surface area contributed by atoms with Gasteiger partial charge in [-0.15, -0.1) is 0 Å². The van der Waals surface area contributed by atoms with Crippen LogP contribution in [0.5, 0.6) is 0 Å². The monoisotopic (exact) mass is 230 g/mol. The number of rotatable bonds is 3. The van der Waals surface area contributed by atoms with Gasteiger partial charge >= 0.3 is 0 Å². The predicted octanol–water partition coefficient (Wildman–Crippen LogP) is 2.55. The van der Waals surface area contributed by atoms with Gasteiger partial charge in [0.05, 0.1) is 5.69 Å². The van der Waals surface area contributed by atoms with Gasteiger partial charge in [0.15, 0.2) is 0 Å². The van der Waals surface area contributed by atoms with Crippen LogP contribution in [0.4, 0.5) is 5.82 Å². The smallest absolute Gasteiger partial charge is 0.126 e. The van der Waals surface area contributed by atoms with Gasteiger partial charge in [-0.05, 0) is 31.9 Å². The summed E-state index contributed by atoms with van der Waals surface area (Å²) in [5.74, 6) is 0.590. The largest absolute Gasteiger partial charge is 0.383 e. The Hall–Kier alpha value is -1.84. The van der Waals surface area contributed by atoms with E-state index in [1.807, 2.05) is 24.7 Å². The Morgan fingerprint density at radius 2 is 2.12 bits per heavy atom. The molecular weight excluding hydrogens is 212 g/mol. The number of hydrogen-bond acceptors (Lipinski definition) is 3. The number of nitrogens with zero attached hydrogens (tertiary/aromatic N) is 3. The SMILES string of the molecule is CCCn1cc(-c2cnc(N)c(C)c2)c(C)n1. The summed E-state index contributed by atoms with van der Waals surface area (Å²) in [6.07, 6.45) is 4.97. The molecule has 0 saturated heterocycles. The molecule has 0 fully saturated rings. The van der Waals surface area contributed by atoms with Crippen molar-refractivity contribution in [1.82, 2.24) is 14.8 Å². The second-order valence-corrected chi connectivity index (χ2v) is 4.32. The quantitative estimate of drug-likeness (QED) is 0.881. The standard InChI is InChI=1S/C13H18N4/c1-4-5-17-8-12(10(3)16-17)11-6-9(2)13(14)15-7-11/h6-8H,4-5H2,1-3H3,(H2,14,15). The maximum Gasteiger partial charge on any atom is 0.126 e. The third-order valence-corrected chi connectivity index (χ3v) is 2.83. The summed E-state index contributed by atoms with van der Waals surface area (Å²) >= 11 is 0. The number of hydrogen-bond donors (Lipinski definition) is 1. The van der Waals surface area contributed by atoms with Crippen molar-refractivity contribution in [3.8, 4) is 11.1 Å². The van der Waals surface area contributed by atoms with E-state index in [0.717, 1.165) is 35.3 Å². The highest BCUT2D eigenvalue weighted by atomic mass is 15.3. The van der Waals surface area contributed by atoms with E-state index < -0.39 is 0 Å². The molecule has 2 N–H and O–H groups in total. The van der Waals surface area contributed by atoms with E-state index in [2.05, 4.69) is 29.3 Å². The van der Waals surface area contributed by atoms with Crippen molar-refractivity contribution in [2.24, 2.45) is 0 Å². The van der Waals surface area contributed by atoms with Crippen molar-refractivity contribution in [3.63, 3.8) is 0 Å². The fraction of sp³-hybridized carbons (Fsp3) is 0.385. The molecule has 0 aliphatic rings. The van der Waals surface area contributed by atoms with Crippen molar-refractivity contribution in [2.45, 2.75) is 33.7 Å². The van der Waals surface area contributed by atoms with Gasteiger partial charge in [0, 0.05) is 30.1 Å². The Bertz CT molecular complexity index is 528. The van der Waals surface area contributed by atoms with Crippen LogP contribution in [-0.2, 0) is 6.54 Å². The number of nitrogens with two attached hydrogens (primary N) is 1. The molecular formula is C13H18N4. The predicted molar refractivity (Wildman–Crippen MR) is 69.6 cm³/mol. The van der Waals surface area contributed by atoms with Crippen molar-refractivity contribution >= 4 is 5.82 Å². The maximum absolute atomic E-state index is 5.73. The highest BCUT2D eigenvalue weighted by Crippen LogP contribution is 2.24. The topological polar surface area (TPSA) is 56.7 Å². The lowest BCUT2D eigenvalue weighted by atomic mass is 10.1. The van der Waals surface area contributed by atoms with E-state index in [0.29, 0.717) is 5.82 Å². The van der Waals surface area contributed by atoms with Gasteiger partial charge in [-0.3, -0.25) is 4.68 Å². The van der Waals surface area contributed by atoms with Crippen molar-refractivity contribution in [2.75, 3.05) is 5.73 Å². The highest BCUT2D eigenvalue weighted by Gasteiger charge is 2.08. The van der Waals surface area contributed by atoms with Gasteiger partial charge in [-0.1, -0.05) is 6.92 Å². The first-order valence-electron chi connectivity index (χ1n) is 5.88. The summed E-state index contributed by atoms with van der Waals surface area (Å²) in [7, 11) is 0. The van der Waals surface area contributed by atoms with E-state index in [4.69, 9.17) is 5.73 Å². The maximum atomic E-state index is 5.73. The van der Waals surface area contributed by atoms with Gasteiger partial charge < -0.3 is 5.73 Å². The van der Waals surface area contributed by atoms with Crippen LogP contribution in [0.15, 0.2) is 18.5 Å². The van der Waals surface area contributed by atoms with Crippen LogP contribution in [0.25, 0.3) is 11.1 Å². The summed E-state index contributed by atoms with van der Waals surface area (Å²) in [5.41, 5.74) is 9.98. The van der Waals surface area contributed by atoms with E-state index in [1.165, 1.54) is 0 Å². The van der Waals surface area contributed by atoms with E-state index >= 15 is 0 Å². The van der Waals surface area contributed by atoms with Gasteiger partial charge in [0.1, 0.15) is 5.82 Å². The van der Waals surface area contributed by atoms with Gasteiger partial charge in [-0.25, -0.2) is 4.98 Å². The van der Waals surface area contributed by atoms with Crippen LogP contribution in [0, 0.1) is 13.8 Å². The number of aryl methyl sites for hydroxylation is 3. The lowest BCUT2D eigenvalue weighted by Crippen LogP contribution is -1.96. The number of anilines is 1. The molecule has 90 valence electrons. The normalized spacial score (nSPS) is 10.8. The zero-order chi connectivity index (χ0) is 12.4. The number of nitrogen functional groups attached to an aromatic ring is 1. The minimum atomic E-state index is 0.590. The molecule has 4 heteroatoms. The lowest BCUT2D eigenvalue weighted by molar-refractivity contribution is 0.598. The molecule has 0 unspecified atom stereocenters. The fourth-order valence-corrected chi connectivity index (χ4v) is 1.88. The molecule has 4 nitrogen and oxygen atoms in total. The lowest BCUT2D eigenvalue weighted by Gasteiger charge is -2.02. The molecule has 0 aromatic carbocycles. The first-order chi connectivity index (χ1) is 8.11. The summed E-state index contributed by atoms with van der Waals surface area (Å²) in [5, 5.41) is 4.49. The van der Waals surface area contributed by atoms with Crippen LogP contribution in [0.3, 0.4) is 0 Å². The van der Waals surface area contributed by atoms with Crippen LogP contribution in [0.1, 0.15) is 24.6 Å². The number of pyridine rings is 1. The minimum Gasteiger partial charge on any atom is -0.383 e. The molecule has 17 heavy (non-hydrogen) atoms. The molecule has 2 aromatic rings. The molecule has 0 atom stereocenters. The highest BCUT2D eigenvalue weighted by molar-refractivity contribution is 5.66. The second-order valence-electron chi connectivity index (χ2n) is 4.32. The zero-order valence-electron chi connectivity index (χ0n) is 10.6. The van der Waals surface area contributed by atoms with Gasteiger partial charge in [0.25, 0.3) is 0 Å². The minimum absolute atomic E-state index is 0.590. The molecule has 0 radical (unpaired) electrons. The first-order valence-corrected chi connectivity index (χ1v) is 5.88. The van der Waals surface area contributed by atoms with Crippen LogP contribution >= 0.6 is 0 Å². The third-order valence-electron chi connectivity index (χ3n) is 2.83. The molecule has 2 rings (SSSR count). The fourth-order valence-electron chi connectivity index (χ4n) is 1.88. The molecule has 2 aromatic heterocycles. The Morgan fingerprint density at radius 3 is 2.76 bits per heavy atom. The summed E-state index contributed by atoms with van der Waals surface area (Å²) < 4.78 is 1.98. The van der Waals surface area contributed by atoms with E-state index in [-0.39, 0.29) is 0 Å². The summed E-state index contributed by atoms with van der Waals surface area (Å²) in [6.45, 7) is 7.08. The number of aromatic nitrogens is 3. The molecule has 0 aliphatic carbocycles. The molecule has 0 spiro atoms. The molecule has 0 aliphatic heterocycles. The summed E-state index contributed by atoms with van der Waals surface area (Å²) in [6, 6.07) is 2.06. The molecule has 2 heterocycles. The Labute approximate surface area is 101 Å². The summed E-state index contributed by atoms with van der Waals surface area (Å²) in [4.78, 5) is 4.19. The molecule has 0 saturated carbocycles. The Kier molecular flexibility index (Phi) is 3.13. The third kappa shape index (κ3) is 2.30. The van der Waals surface area contributed by atoms with Crippen LogP contribution < -0.4 is 5.73 Å². The average Bonchev–Trinajstić information content (AvgIpc) is 2.64. The van der Waals surface area contributed by atoms with Crippen LogP contribution in [-0.4, -0.2) is 14.8 Å².